The Morgan fingerprint density at radius 3 is 1.65 bits per heavy atom. The molecule has 4 aliphatic heterocycles. The number of carbonyl (C=O) groups is 2. The lowest BCUT2D eigenvalue weighted by Crippen LogP contribution is -2.56. The highest BCUT2D eigenvalue weighted by Crippen LogP contribution is 2.36. The minimum Gasteiger partial charge on any atom is -0.384 e. The molecule has 4 aliphatic rings. The van der Waals surface area contributed by atoms with E-state index in [1.807, 2.05) is 90.2 Å². The molecule has 0 aromatic carbocycles. The number of aromatic nitrogens is 6. The molecule has 0 aliphatic carbocycles. The van der Waals surface area contributed by atoms with E-state index < -0.39 is 11.2 Å². The standard InChI is InChI=1S/C54H72N14O4/c1-37(2)58-51(69)62-24-22-61(23-25-62)48-13-17-66(68-34-42(29-50(48)68)46-11-9-44(31-56-46)54(72)15-19-65(36-54)39(5)6)32-40(7)59-52(70)63-26-20-60(21-27-63)47-12-16-57-67-33-41(28-49(47)67)45-10-8-43(30-55-45)53(71)14-18-64(35-53)38(3)4/h8-13,16-17,28-31,33-34,37-40,71-72H,14-15,18-27,32,35-36H2,1-7H3,(H-,58,59,69,70)/p+1/t40?,53-,54+/m1/s1. The fourth-order valence-electron chi connectivity index (χ4n) is 11.1. The Labute approximate surface area is 422 Å². The van der Waals surface area contributed by atoms with Crippen LogP contribution in [0.2, 0.25) is 0 Å². The summed E-state index contributed by atoms with van der Waals surface area (Å²) in [5.41, 5.74) is 7.48. The van der Waals surface area contributed by atoms with Crippen molar-refractivity contribution in [2.45, 2.75) is 103 Å². The molecule has 0 spiro atoms. The average molecular weight is 982 g/mol. The van der Waals surface area contributed by atoms with Crippen LogP contribution in [0.1, 0.15) is 72.4 Å². The molecule has 4 N–H and O–H groups in total. The van der Waals surface area contributed by atoms with Gasteiger partial charge < -0.3 is 40.4 Å². The molecule has 0 saturated carbocycles. The zero-order valence-electron chi connectivity index (χ0n) is 43.1. The molecule has 1 unspecified atom stereocenters. The van der Waals surface area contributed by atoms with Gasteiger partial charge in [0.05, 0.1) is 40.5 Å². The lowest BCUT2D eigenvalue weighted by atomic mass is 9.94. The predicted octanol–water partition coefficient (Wildman–Crippen LogP) is 4.76. The molecule has 10 rings (SSSR count). The molecule has 4 fully saturated rings. The molecule has 6 aromatic rings. The maximum Gasteiger partial charge on any atom is 0.317 e. The number of pyridine rings is 2. The summed E-state index contributed by atoms with van der Waals surface area (Å²) in [6.07, 6.45) is 13.0. The number of hydrogen-bond donors (Lipinski definition) is 4. The van der Waals surface area contributed by atoms with Gasteiger partial charge in [-0.2, -0.15) is 5.10 Å². The molecule has 72 heavy (non-hydrogen) atoms. The molecule has 18 nitrogen and oxygen atoms in total. The molecular formula is C54H73N14O4+. The number of rotatable bonds is 12. The van der Waals surface area contributed by atoms with E-state index in [9.17, 15) is 19.8 Å². The van der Waals surface area contributed by atoms with E-state index in [-0.39, 0.29) is 24.1 Å². The third-order valence-corrected chi connectivity index (χ3v) is 15.5. The van der Waals surface area contributed by atoms with E-state index in [0.29, 0.717) is 96.9 Å². The normalized spacial score (nSPS) is 21.8. The Balaban J connectivity index is 0.808. The molecule has 4 saturated heterocycles. The van der Waals surface area contributed by atoms with Gasteiger partial charge in [-0.3, -0.25) is 19.8 Å². The highest BCUT2D eigenvalue weighted by atomic mass is 16.3. The number of fused-ring (bicyclic) bond motifs is 2. The first-order chi connectivity index (χ1) is 34.5. The van der Waals surface area contributed by atoms with Crippen LogP contribution in [0.4, 0.5) is 21.0 Å². The average Bonchev–Trinajstić information content (AvgIpc) is 4.20. The summed E-state index contributed by atoms with van der Waals surface area (Å²) in [4.78, 5) is 49.5. The van der Waals surface area contributed by atoms with Crippen molar-refractivity contribution in [2.75, 3.05) is 88.3 Å². The number of nitrogens with one attached hydrogen (secondary N) is 2. The quantitative estimate of drug-likeness (QED) is 0.125. The first kappa shape index (κ1) is 49.2. The van der Waals surface area contributed by atoms with Crippen LogP contribution in [0.15, 0.2) is 85.7 Å². The molecule has 6 aromatic heterocycles. The first-order valence-electron chi connectivity index (χ1n) is 26.0. The van der Waals surface area contributed by atoms with Gasteiger partial charge in [-0.05, 0) is 91.6 Å². The van der Waals surface area contributed by atoms with Crippen LogP contribution >= 0.6 is 0 Å². The SMILES string of the molecule is CC(C)NC(=O)N1CCN(c2cc[n+](CC(C)NC(=O)N3CCN(c4ccnn5cc(-c6ccc([C@@]7(O)CCN(C(C)C)C7)cn6)cc45)CC3)n3cc(-c4ccc([C@]5(O)CCN(C(C)C)C5)cn4)cc23)CC1. The Hall–Kier alpha value is -6.34. The summed E-state index contributed by atoms with van der Waals surface area (Å²) in [6.45, 7) is 23.2. The van der Waals surface area contributed by atoms with Gasteiger partial charge >= 0.3 is 12.1 Å². The van der Waals surface area contributed by atoms with E-state index in [2.05, 4.69) is 103 Å². The Morgan fingerprint density at radius 1 is 0.639 bits per heavy atom. The zero-order chi connectivity index (χ0) is 50.5. The maximum atomic E-state index is 13.9. The van der Waals surface area contributed by atoms with Crippen molar-refractivity contribution in [3.63, 3.8) is 0 Å². The number of likely N-dealkylation sites (tertiary alicyclic amines) is 2. The van der Waals surface area contributed by atoms with Gasteiger partial charge in [0.25, 0.3) is 0 Å². The van der Waals surface area contributed by atoms with Crippen LogP contribution in [0.3, 0.4) is 0 Å². The third kappa shape index (κ3) is 9.93. The number of anilines is 2. The number of aliphatic hydroxyl groups is 2. The lowest BCUT2D eigenvalue weighted by molar-refractivity contribution is -0.764. The van der Waals surface area contributed by atoms with E-state index >= 15 is 0 Å². The van der Waals surface area contributed by atoms with Crippen molar-refractivity contribution < 1.29 is 24.5 Å². The van der Waals surface area contributed by atoms with Crippen LogP contribution < -0.4 is 25.1 Å². The number of urea groups is 2. The molecule has 0 radical (unpaired) electrons. The number of piperazine rings is 2. The van der Waals surface area contributed by atoms with Gasteiger partial charge in [-0.15, -0.1) is 9.20 Å². The monoisotopic (exact) mass is 982 g/mol. The highest BCUT2D eigenvalue weighted by molar-refractivity contribution is 5.81. The number of β-amino-alcohol motifs (C(OH)–C–C–N with tert-alkyl or cyclic N) is 2. The fraction of sp³-hybridized carbons (Fsp3) is 0.519. The minimum absolute atomic E-state index is 0.0326. The van der Waals surface area contributed by atoms with Crippen molar-refractivity contribution in [1.82, 2.24) is 54.3 Å². The fourth-order valence-corrected chi connectivity index (χ4v) is 11.1. The van der Waals surface area contributed by atoms with Crippen LogP contribution in [0.5, 0.6) is 0 Å². The Morgan fingerprint density at radius 2 is 1.15 bits per heavy atom. The van der Waals surface area contributed by atoms with Gasteiger partial charge in [-0.25, -0.2) is 14.1 Å². The Kier molecular flexibility index (Phi) is 13.6. The Bertz CT molecular complexity index is 2880. The van der Waals surface area contributed by atoms with E-state index in [0.717, 1.165) is 69.1 Å². The van der Waals surface area contributed by atoms with E-state index in [1.165, 1.54) is 0 Å². The number of hydrogen-bond acceptors (Lipinski definition) is 11. The molecule has 0 bridgehead atoms. The van der Waals surface area contributed by atoms with Gasteiger partial charge in [0.1, 0.15) is 16.7 Å². The second-order valence-corrected chi connectivity index (χ2v) is 21.5. The second kappa shape index (κ2) is 19.9. The summed E-state index contributed by atoms with van der Waals surface area (Å²) in [5.74, 6) is 0. The van der Waals surface area contributed by atoms with Crippen LogP contribution in [0, 0.1) is 0 Å². The van der Waals surface area contributed by atoms with Crippen molar-refractivity contribution in [1.29, 1.82) is 0 Å². The molecule has 3 atom stereocenters. The second-order valence-electron chi connectivity index (χ2n) is 21.5. The molecular weight excluding hydrogens is 909 g/mol. The van der Waals surface area contributed by atoms with Crippen LogP contribution in [-0.2, 0) is 17.7 Å². The number of nitrogens with zero attached hydrogens (tertiary/aromatic N) is 12. The number of carbonyl (C=O) groups excluding carboxylic acids is 2. The highest BCUT2D eigenvalue weighted by Gasteiger charge is 2.40. The van der Waals surface area contributed by atoms with Crippen LogP contribution in [0.25, 0.3) is 33.5 Å². The maximum absolute atomic E-state index is 13.9. The zero-order valence-corrected chi connectivity index (χ0v) is 43.1. The third-order valence-electron chi connectivity index (χ3n) is 15.5. The molecule has 4 amide bonds. The molecule has 382 valence electrons. The van der Waals surface area contributed by atoms with Gasteiger partial charge in [0.2, 0.25) is 0 Å². The summed E-state index contributed by atoms with van der Waals surface area (Å²) in [5, 5.41) is 34.0. The van der Waals surface area contributed by atoms with Crippen LogP contribution in [-0.4, -0.2) is 169 Å². The predicted molar refractivity (Wildman–Crippen MR) is 279 cm³/mol. The van der Waals surface area contributed by atoms with Crippen molar-refractivity contribution in [3.8, 4) is 22.5 Å². The topological polar surface area (TPSA) is 169 Å². The van der Waals surface area contributed by atoms with Gasteiger partial charge in [-0.1, -0.05) is 12.1 Å². The summed E-state index contributed by atoms with van der Waals surface area (Å²) >= 11 is 0. The van der Waals surface area contributed by atoms with E-state index in [4.69, 9.17) is 9.97 Å². The number of amides is 4. The first-order valence-corrected chi connectivity index (χ1v) is 26.0. The van der Waals surface area contributed by atoms with Gasteiger partial charge in [0.15, 0.2) is 12.7 Å². The minimum atomic E-state index is -0.926. The van der Waals surface area contributed by atoms with Crippen molar-refractivity contribution in [2.24, 2.45) is 0 Å². The largest absolute Gasteiger partial charge is 0.384 e. The smallest absolute Gasteiger partial charge is 0.317 e. The molecule has 10 heterocycles. The van der Waals surface area contributed by atoms with Gasteiger partial charge in [0, 0.05) is 150 Å². The van der Waals surface area contributed by atoms with Crippen molar-refractivity contribution in [3.05, 3.63) is 96.8 Å². The van der Waals surface area contributed by atoms with E-state index in [1.54, 1.807) is 0 Å². The van der Waals surface area contributed by atoms with Crippen molar-refractivity contribution >= 4 is 34.5 Å². The summed E-state index contributed by atoms with van der Waals surface area (Å²) < 4.78 is 6.18. The summed E-state index contributed by atoms with van der Waals surface area (Å²) in [7, 11) is 0. The lowest BCUT2D eigenvalue weighted by Gasteiger charge is -2.36. The molecule has 18 heteroatoms. The summed E-state index contributed by atoms with van der Waals surface area (Å²) in [6, 6.07) is 17.0.